The molecule has 0 spiro atoms. The summed E-state index contributed by atoms with van der Waals surface area (Å²) in [5.41, 5.74) is 0.907. The van der Waals surface area contributed by atoms with E-state index < -0.39 is 23.5 Å². The van der Waals surface area contributed by atoms with Gasteiger partial charge in [0, 0.05) is 0 Å². The highest BCUT2D eigenvalue weighted by Crippen LogP contribution is 2.31. The lowest BCUT2D eigenvalue weighted by molar-refractivity contribution is -0.138. The summed E-state index contributed by atoms with van der Waals surface area (Å²) in [6.45, 7) is 0. The molecule has 0 aliphatic carbocycles. The fourth-order valence-corrected chi connectivity index (χ4v) is 1.74. The number of alkyl halides is 6. The van der Waals surface area contributed by atoms with Gasteiger partial charge in [-0.2, -0.15) is 31.4 Å². The Hall–Kier alpha value is -2.51. The van der Waals surface area contributed by atoms with Crippen LogP contribution in [-0.2, 0) is 12.4 Å². The van der Waals surface area contributed by atoms with Crippen LogP contribution in [0.15, 0.2) is 53.6 Å². The summed E-state index contributed by atoms with van der Waals surface area (Å²) in [6.07, 6.45) is -7.86. The van der Waals surface area contributed by atoms with Crippen molar-refractivity contribution in [2.75, 3.05) is 5.43 Å². The zero-order chi connectivity index (χ0) is 17.1. The summed E-state index contributed by atoms with van der Waals surface area (Å²) in [6, 6.07) is 8.73. The number of nitrogens with one attached hydrogen (secondary N) is 1. The van der Waals surface area contributed by atoms with Crippen LogP contribution in [0.25, 0.3) is 0 Å². The molecule has 0 radical (unpaired) electrons. The Morgan fingerprint density at radius 2 is 1.35 bits per heavy atom. The Labute approximate surface area is 127 Å². The maximum Gasteiger partial charge on any atom is 0.416 e. The van der Waals surface area contributed by atoms with Crippen LogP contribution in [0.5, 0.6) is 0 Å². The van der Waals surface area contributed by atoms with Gasteiger partial charge < -0.3 is 0 Å². The highest BCUT2D eigenvalue weighted by atomic mass is 19.4. The van der Waals surface area contributed by atoms with Crippen LogP contribution in [0, 0.1) is 0 Å². The fraction of sp³-hybridized carbons (Fsp3) is 0.133. The Bertz CT molecular complexity index is 704. The van der Waals surface area contributed by atoms with Crippen molar-refractivity contribution in [2.24, 2.45) is 5.10 Å². The first-order valence-corrected chi connectivity index (χ1v) is 6.30. The van der Waals surface area contributed by atoms with Gasteiger partial charge in [-0.05, 0) is 35.9 Å². The summed E-state index contributed by atoms with van der Waals surface area (Å²) in [5, 5.41) is 3.65. The molecular weight excluding hydrogens is 322 g/mol. The molecule has 8 heteroatoms. The molecule has 0 unspecified atom stereocenters. The van der Waals surface area contributed by atoms with Crippen molar-refractivity contribution in [3.8, 4) is 0 Å². The van der Waals surface area contributed by atoms with Crippen LogP contribution in [0.1, 0.15) is 16.7 Å². The smallest absolute Gasteiger partial charge is 0.278 e. The standard InChI is InChI=1S/C15H10F6N2/c16-14(17,18)11-4-1-3-10(7-11)9-22-23-13-6-2-5-12(8-13)15(19,20)21/h1-9,23H. The number of nitrogens with zero attached hydrogens (tertiary/aromatic N) is 1. The molecule has 2 aromatic carbocycles. The largest absolute Gasteiger partial charge is 0.416 e. The summed E-state index contributed by atoms with van der Waals surface area (Å²) < 4.78 is 75.2. The maximum absolute atomic E-state index is 12.5. The SMILES string of the molecule is FC(F)(F)c1cccc(C=NNc2cccc(C(F)(F)F)c2)c1. The van der Waals surface area contributed by atoms with E-state index in [0.717, 1.165) is 30.5 Å². The van der Waals surface area contributed by atoms with Gasteiger partial charge in [0.25, 0.3) is 0 Å². The lowest BCUT2D eigenvalue weighted by Gasteiger charge is -2.08. The van der Waals surface area contributed by atoms with Crippen molar-refractivity contribution >= 4 is 11.9 Å². The molecule has 0 bridgehead atoms. The van der Waals surface area contributed by atoms with Gasteiger partial charge in [0.05, 0.1) is 23.0 Å². The molecule has 2 nitrogen and oxygen atoms in total. The summed E-state index contributed by atoms with van der Waals surface area (Å²) in [5.74, 6) is 0. The van der Waals surface area contributed by atoms with Gasteiger partial charge in [-0.1, -0.05) is 18.2 Å². The lowest BCUT2D eigenvalue weighted by Crippen LogP contribution is -2.05. The predicted molar refractivity (Wildman–Crippen MR) is 74.1 cm³/mol. The Kier molecular flexibility index (Phi) is 4.63. The average molecular weight is 332 g/mol. The van der Waals surface area contributed by atoms with E-state index in [1.54, 1.807) is 0 Å². The number of halogens is 6. The highest BCUT2D eigenvalue weighted by molar-refractivity contribution is 5.80. The van der Waals surface area contributed by atoms with Gasteiger partial charge in [0.2, 0.25) is 0 Å². The van der Waals surface area contributed by atoms with Crippen LogP contribution in [0.4, 0.5) is 32.0 Å². The van der Waals surface area contributed by atoms with Crippen molar-refractivity contribution in [1.82, 2.24) is 0 Å². The Balaban J connectivity index is 2.11. The van der Waals surface area contributed by atoms with E-state index in [1.165, 1.54) is 24.3 Å². The minimum absolute atomic E-state index is 0.0723. The van der Waals surface area contributed by atoms with E-state index >= 15 is 0 Å². The minimum Gasteiger partial charge on any atom is -0.278 e. The lowest BCUT2D eigenvalue weighted by atomic mass is 10.1. The van der Waals surface area contributed by atoms with E-state index in [9.17, 15) is 26.3 Å². The number of anilines is 1. The minimum atomic E-state index is -4.48. The molecule has 1 N–H and O–H groups in total. The molecule has 0 fully saturated rings. The quantitative estimate of drug-likeness (QED) is 0.468. The van der Waals surface area contributed by atoms with Crippen LogP contribution in [0.3, 0.4) is 0 Å². The van der Waals surface area contributed by atoms with Crippen LogP contribution < -0.4 is 5.43 Å². The van der Waals surface area contributed by atoms with Gasteiger partial charge >= 0.3 is 12.4 Å². The summed E-state index contributed by atoms with van der Waals surface area (Å²) in [7, 11) is 0. The molecule has 122 valence electrons. The van der Waals surface area contributed by atoms with E-state index in [4.69, 9.17) is 0 Å². The zero-order valence-corrected chi connectivity index (χ0v) is 11.4. The molecule has 0 aliphatic heterocycles. The number of hydrogen-bond acceptors (Lipinski definition) is 2. The molecule has 0 atom stereocenters. The molecule has 2 rings (SSSR count). The van der Waals surface area contributed by atoms with E-state index in [2.05, 4.69) is 10.5 Å². The first-order valence-electron chi connectivity index (χ1n) is 6.30. The molecule has 0 heterocycles. The molecule has 0 aliphatic rings. The molecule has 23 heavy (non-hydrogen) atoms. The van der Waals surface area contributed by atoms with Gasteiger partial charge in [0.15, 0.2) is 0 Å². The maximum atomic E-state index is 12.5. The van der Waals surface area contributed by atoms with E-state index in [1.807, 2.05) is 0 Å². The van der Waals surface area contributed by atoms with Crippen LogP contribution in [-0.4, -0.2) is 6.21 Å². The van der Waals surface area contributed by atoms with Crippen molar-refractivity contribution in [3.05, 3.63) is 65.2 Å². The second-order valence-electron chi connectivity index (χ2n) is 4.57. The van der Waals surface area contributed by atoms with Crippen molar-refractivity contribution in [3.63, 3.8) is 0 Å². The van der Waals surface area contributed by atoms with E-state index in [-0.39, 0.29) is 11.3 Å². The number of hydrazone groups is 1. The van der Waals surface area contributed by atoms with Crippen molar-refractivity contribution in [2.45, 2.75) is 12.4 Å². The third-order valence-electron chi connectivity index (χ3n) is 2.81. The zero-order valence-electron chi connectivity index (χ0n) is 11.4. The number of rotatable bonds is 3. The molecule has 0 saturated carbocycles. The topological polar surface area (TPSA) is 24.4 Å². The average Bonchev–Trinajstić information content (AvgIpc) is 2.46. The third kappa shape index (κ3) is 4.73. The van der Waals surface area contributed by atoms with Crippen molar-refractivity contribution in [1.29, 1.82) is 0 Å². The Morgan fingerprint density at radius 3 is 1.96 bits per heavy atom. The predicted octanol–water partition coefficient (Wildman–Crippen LogP) is 5.17. The van der Waals surface area contributed by atoms with Crippen LogP contribution >= 0.6 is 0 Å². The summed E-state index contributed by atoms with van der Waals surface area (Å²) in [4.78, 5) is 0. The molecule has 2 aromatic rings. The normalized spacial score (nSPS) is 12.6. The molecule has 0 amide bonds. The number of benzene rings is 2. The third-order valence-corrected chi connectivity index (χ3v) is 2.81. The van der Waals surface area contributed by atoms with E-state index in [0.29, 0.717) is 0 Å². The summed E-state index contributed by atoms with van der Waals surface area (Å²) >= 11 is 0. The van der Waals surface area contributed by atoms with Gasteiger partial charge in [0.1, 0.15) is 0 Å². The molecule has 0 aromatic heterocycles. The van der Waals surface area contributed by atoms with Crippen molar-refractivity contribution < 1.29 is 26.3 Å². The second kappa shape index (κ2) is 6.31. The van der Waals surface area contributed by atoms with Gasteiger partial charge in [-0.15, -0.1) is 0 Å². The molecular formula is C15H10F6N2. The highest BCUT2D eigenvalue weighted by Gasteiger charge is 2.31. The van der Waals surface area contributed by atoms with Crippen LogP contribution in [0.2, 0.25) is 0 Å². The van der Waals surface area contributed by atoms with Gasteiger partial charge in [-0.3, -0.25) is 5.43 Å². The molecule has 0 saturated heterocycles. The monoisotopic (exact) mass is 332 g/mol. The van der Waals surface area contributed by atoms with Gasteiger partial charge in [-0.25, -0.2) is 0 Å². The number of hydrogen-bond donors (Lipinski definition) is 1. The first-order chi connectivity index (χ1) is 10.7. The first kappa shape index (κ1) is 16.9. The second-order valence-corrected chi connectivity index (χ2v) is 4.57. The Morgan fingerprint density at radius 1 is 0.783 bits per heavy atom. The fourth-order valence-electron chi connectivity index (χ4n) is 1.74.